The first kappa shape index (κ1) is 25.5. The summed E-state index contributed by atoms with van der Waals surface area (Å²) in [7, 11) is 1.41. The normalized spacial score (nSPS) is 31.8. The first-order valence-corrected chi connectivity index (χ1v) is 14.6. The molecule has 8 heteroatoms. The zero-order valence-electron chi connectivity index (χ0n) is 22.4. The third-order valence-corrected chi connectivity index (χ3v) is 9.74. The second-order valence-electron chi connectivity index (χ2n) is 12.1. The minimum absolute atomic E-state index is 0.0899. The van der Waals surface area contributed by atoms with Crippen LogP contribution in [0.1, 0.15) is 95.2 Å². The van der Waals surface area contributed by atoms with Crippen LogP contribution in [0.25, 0.3) is 11.0 Å². The molecule has 1 N–H and O–H groups in total. The lowest BCUT2D eigenvalue weighted by Crippen LogP contribution is -2.58. The average Bonchev–Trinajstić information content (AvgIpc) is 2.90. The van der Waals surface area contributed by atoms with Crippen molar-refractivity contribution in [2.24, 2.45) is 17.0 Å². The largest absolute Gasteiger partial charge is 0.481 e. The van der Waals surface area contributed by atoms with Crippen LogP contribution in [0, 0.1) is 11.8 Å². The Morgan fingerprint density at radius 1 is 0.947 bits per heavy atom. The van der Waals surface area contributed by atoms with E-state index in [2.05, 4.69) is 15.0 Å². The van der Waals surface area contributed by atoms with Gasteiger partial charge in [-0.05, 0) is 68.9 Å². The maximum Gasteiger partial charge on any atom is 0.303 e. The number of para-hydroxylation sites is 2. The van der Waals surface area contributed by atoms with Crippen molar-refractivity contribution in [1.29, 1.82) is 0 Å². The molecule has 2 saturated heterocycles. The van der Waals surface area contributed by atoms with E-state index in [9.17, 15) is 14.7 Å². The third kappa shape index (κ3) is 4.88. The van der Waals surface area contributed by atoms with Gasteiger partial charge in [0.2, 0.25) is 0 Å². The molecule has 1 aromatic carbocycles. The van der Waals surface area contributed by atoms with E-state index in [1.807, 2.05) is 28.8 Å². The van der Waals surface area contributed by atoms with Crippen LogP contribution < -0.4 is 5.56 Å². The molecular weight excluding hydrogens is 480 g/mol. The van der Waals surface area contributed by atoms with Crippen molar-refractivity contribution in [1.82, 2.24) is 14.5 Å². The molecule has 204 valence electrons. The number of carbonyl (C=O) groups is 1. The second kappa shape index (κ2) is 10.8. The molecule has 4 unspecified atom stereocenters. The standard InChI is InChI=1S/C30H40N4O4/c1-38-32-26(12-13-28(35)36)29-30(37)34(27-11-3-2-10-25(27)31-29)24-17-21-8-5-9-22(18-24)33(21)23-15-19-6-4-7-20(14-19)16-23/h2-3,10-11,19-24H,4-9,12-18H2,1H3,(H,35,36)/t19?,20?,21-,22?,23?,24?/m0/s1. The maximum atomic E-state index is 14.1. The van der Waals surface area contributed by atoms with Crippen LogP contribution in [-0.2, 0) is 9.63 Å². The summed E-state index contributed by atoms with van der Waals surface area (Å²) < 4.78 is 1.96. The Morgan fingerprint density at radius 3 is 2.32 bits per heavy atom. The monoisotopic (exact) mass is 520 g/mol. The van der Waals surface area contributed by atoms with Crippen molar-refractivity contribution >= 4 is 22.7 Å². The molecule has 4 aliphatic rings. The zero-order chi connectivity index (χ0) is 26.2. The average molecular weight is 521 g/mol. The molecule has 3 heterocycles. The number of fused-ring (bicyclic) bond motifs is 5. The molecule has 2 aliphatic carbocycles. The van der Waals surface area contributed by atoms with Gasteiger partial charge in [-0.2, -0.15) is 0 Å². The smallest absolute Gasteiger partial charge is 0.303 e. The van der Waals surface area contributed by atoms with Crippen LogP contribution in [0.15, 0.2) is 34.2 Å². The first-order chi connectivity index (χ1) is 18.5. The van der Waals surface area contributed by atoms with Crippen LogP contribution in [-0.4, -0.2) is 56.5 Å². The van der Waals surface area contributed by atoms with Crippen molar-refractivity contribution in [2.45, 2.75) is 108 Å². The number of aromatic nitrogens is 2. The topological polar surface area (TPSA) is 97.0 Å². The number of carboxylic acid groups (broad SMARTS) is 1. The highest BCUT2D eigenvalue weighted by molar-refractivity contribution is 6.00. The molecule has 6 rings (SSSR count). The second-order valence-corrected chi connectivity index (χ2v) is 12.1. The number of benzene rings is 1. The molecule has 4 bridgehead atoms. The number of piperidine rings is 2. The highest BCUT2D eigenvalue weighted by atomic mass is 16.6. The fourth-order valence-electron chi connectivity index (χ4n) is 8.38. The van der Waals surface area contributed by atoms with Crippen LogP contribution in [0.5, 0.6) is 0 Å². The molecule has 2 saturated carbocycles. The quantitative estimate of drug-likeness (QED) is 0.401. The van der Waals surface area contributed by atoms with E-state index < -0.39 is 5.97 Å². The number of hydrogen-bond donors (Lipinski definition) is 1. The minimum Gasteiger partial charge on any atom is -0.481 e. The fourth-order valence-corrected chi connectivity index (χ4v) is 8.38. The van der Waals surface area contributed by atoms with Gasteiger partial charge in [0.25, 0.3) is 5.56 Å². The van der Waals surface area contributed by atoms with E-state index in [-0.39, 0.29) is 30.1 Å². The summed E-state index contributed by atoms with van der Waals surface area (Å²) >= 11 is 0. The summed E-state index contributed by atoms with van der Waals surface area (Å²) in [5.41, 5.74) is 1.90. The molecule has 1 aromatic heterocycles. The van der Waals surface area contributed by atoms with Crippen molar-refractivity contribution in [3.05, 3.63) is 40.3 Å². The van der Waals surface area contributed by atoms with Crippen LogP contribution in [0.4, 0.5) is 0 Å². The van der Waals surface area contributed by atoms with E-state index in [4.69, 9.17) is 4.84 Å². The van der Waals surface area contributed by atoms with Gasteiger partial charge in [-0.1, -0.05) is 43.0 Å². The maximum absolute atomic E-state index is 14.1. The van der Waals surface area contributed by atoms with Crippen LogP contribution in [0.3, 0.4) is 0 Å². The predicted molar refractivity (Wildman–Crippen MR) is 146 cm³/mol. The number of nitrogens with zero attached hydrogens (tertiary/aromatic N) is 4. The van der Waals surface area contributed by atoms with E-state index in [1.54, 1.807) is 0 Å². The Morgan fingerprint density at radius 2 is 1.63 bits per heavy atom. The minimum atomic E-state index is -0.943. The Hall–Kier alpha value is -2.74. The summed E-state index contributed by atoms with van der Waals surface area (Å²) in [5.74, 6) is 0.871. The van der Waals surface area contributed by atoms with Crippen molar-refractivity contribution in [3.63, 3.8) is 0 Å². The molecular formula is C30H40N4O4. The molecule has 0 amide bonds. The fraction of sp³-hybridized carbons (Fsp3) is 0.667. The Balaban J connectivity index is 1.35. The lowest BCUT2D eigenvalue weighted by atomic mass is 9.68. The highest BCUT2D eigenvalue weighted by Gasteiger charge is 2.45. The van der Waals surface area contributed by atoms with Gasteiger partial charge < -0.3 is 14.5 Å². The summed E-state index contributed by atoms with van der Waals surface area (Å²) in [5, 5.41) is 13.3. The molecule has 0 spiro atoms. The van der Waals surface area contributed by atoms with Gasteiger partial charge in [0, 0.05) is 30.6 Å². The molecule has 2 aliphatic heterocycles. The first-order valence-electron chi connectivity index (χ1n) is 14.6. The molecule has 38 heavy (non-hydrogen) atoms. The Bertz CT molecular complexity index is 1250. The molecule has 0 radical (unpaired) electrons. The van der Waals surface area contributed by atoms with E-state index in [0.717, 1.165) is 35.7 Å². The van der Waals surface area contributed by atoms with Crippen LogP contribution >= 0.6 is 0 Å². The number of carboxylic acids is 1. The predicted octanol–water partition coefficient (Wildman–Crippen LogP) is 5.14. The van der Waals surface area contributed by atoms with Crippen molar-refractivity contribution in [2.75, 3.05) is 7.11 Å². The highest BCUT2D eigenvalue weighted by Crippen LogP contribution is 2.47. The Kier molecular flexibility index (Phi) is 7.25. The van der Waals surface area contributed by atoms with Gasteiger partial charge >= 0.3 is 5.97 Å². The van der Waals surface area contributed by atoms with E-state index in [0.29, 0.717) is 23.8 Å². The number of oxime groups is 1. The summed E-state index contributed by atoms with van der Waals surface area (Å²) in [6, 6.07) is 9.62. The van der Waals surface area contributed by atoms with Gasteiger partial charge in [0.1, 0.15) is 12.8 Å². The van der Waals surface area contributed by atoms with Gasteiger partial charge in [-0.3, -0.25) is 14.5 Å². The van der Waals surface area contributed by atoms with Gasteiger partial charge in [0.15, 0.2) is 5.69 Å². The third-order valence-electron chi connectivity index (χ3n) is 9.74. The summed E-state index contributed by atoms with van der Waals surface area (Å²) in [4.78, 5) is 38.0. The van der Waals surface area contributed by atoms with E-state index in [1.165, 1.54) is 64.9 Å². The molecule has 4 fully saturated rings. The summed E-state index contributed by atoms with van der Waals surface area (Å²) in [6.07, 6.45) is 14.0. The lowest BCUT2D eigenvalue weighted by Gasteiger charge is -2.55. The van der Waals surface area contributed by atoms with Gasteiger partial charge in [0.05, 0.1) is 17.5 Å². The Labute approximate surface area is 224 Å². The van der Waals surface area contributed by atoms with Gasteiger partial charge in [-0.25, -0.2) is 4.98 Å². The molecule has 5 atom stereocenters. The zero-order valence-corrected chi connectivity index (χ0v) is 22.4. The van der Waals surface area contributed by atoms with Gasteiger partial charge in [-0.15, -0.1) is 0 Å². The molecule has 2 aromatic rings. The van der Waals surface area contributed by atoms with Crippen molar-refractivity contribution in [3.8, 4) is 0 Å². The number of hydrogen-bond acceptors (Lipinski definition) is 6. The number of aliphatic carboxylic acids is 1. The van der Waals surface area contributed by atoms with Crippen molar-refractivity contribution < 1.29 is 14.7 Å². The van der Waals surface area contributed by atoms with E-state index >= 15 is 0 Å². The lowest BCUT2D eigenvalue weighted by molar-refractivity contribution is -0.136. The van der Waals surface area contributed by atoms with Crippen LogP contribution in [0.2, 0.25) is 0 Å². The SMILES string of the molecule is CON=C(CCC(=O)O)c1nc2ccccc2n(C2CC3CCC[C@@H](C2)N3C2CC3CCCC(C3)C2)c1=O. The summed E-state index contributed by atoms with van der Waals surface area (Å²) in [6.45, 7) is 0. The number of rotatable bonds is 7. The molecule has 8 nitrogen and oxygen atoms in total.